The number of hydrogen-bond acceptors (Lipinski definition) is 2. The van der Waals surface area contributed by atoms with E-state index in [1.54, 1.807) is 12.1 Å². The van der Waals surface area contributed by atoms with Gasteiger partial charge in [0, 0.05) is 21.3 Å². The van der Waals surface area contributed by atoms with Crippen molar-refractivity contribution in [3.63, 3.8) is 0 Å². The SMILES string of the molecule is Cc1cccc(-c2c(NC(=O)c3cccc(Br)c3)n[nH]c2C)c1. The van der Waals surface area contributed by atoms with Gasteiger partial charge in [0.25, 0.3) is 5.91 Å². The van der Waals surface area contributed by atoms with Gasteiger partial charge in [-0.3, -0.25) is 9.89 Å². The second-order valence-corrected chi connectivity index (χ2v) is 6.32. The van der Waals surface area contributed by atoms with Crippen LogP contribution in [-0.2, 0) is 0 Å². The van der Waals surface area contributed by atoms with Crippen LogP contribution in [0.15, 0.2) is 53.0 Å². The second-order valence-electron chi connectivity index (χ2n) is 5.41. The number of benzene rings is 2. The maximum atomic E-state index is 12.4. The first-order valence-electron chi connectivity index (χ1n) is 7.23. The Hall–Kier alpha value is -2.40. The molecule has 4 nitrogen and oxygen atoms in total. The van der Waals surface area contributed by atoms with Crippen molar-refractivity contribution in [2.24, 2.45) is 0 Å². The highest BCUT2D eigenvalue weighted by molar-refractivity contribution is 9.10. The fourth-order valence-corrected chi connectivity index (χ4v) is 2.88. The Balaban J connectivity index is 1.94. The average molecular weight is 370 g/mol. The summed E-state index contributed by atoms with van der Waals surface area (Å²) in [7, 11) is 0. The number of H-pyrrole nitrogens is 1. The molecule has 0 radical (unpaired) electrons. The molecule has 0 saturated heterocycles. The molecule has 5 heteroatoms. The minimum atomic E-state index is -0.188. The van der Waals surface area contributed by atoms with Crippen molar-refractivity contribution in [1.29, 1.82) is 0 Å². The van der Waals surface area contributed by atoms with E-state index in [9.17, 15) is 4.79 Å². The monoisotopic (exact) mass is 369 g/mol. The Morgan fingerprint density at radius 3 is 2.65 bits per heavy atom. The lowest BCUT2D eigenvalue weighted by Crippen LogP contribution is -2.12. The molecule has 0 saturated carbocycles. The van der Waals surface area contributed by atoms with Gasteiger partial charge in [-0.2, -0.15) is 5.10 Å². The van der Waals surface area contributed by atoms with E-state index in [1.165, 1.54) is 0 Å². The van der Waals surface area contributed by atoms with Gasteiger partial charge in [0.05, 0.1) is 0 Å². The van der Waals surface area contributed by atoms with Crippen LogP contribution in [0.1, 0.15) is 21.6 Å². The number of nitrogens with zero attached hydrogens (tertiary/aromatic N) is 1. The Kier molecular flexibility index (Phi) is 4.30. The van der Waals surface area contributed by atoms with E-state index >= 15 is 0 Å². The number of aromatic amines is 1. The molecule has 2 aromatic carbocycles. The van der Waals surface area contributed by atoms with Gasteiger partial charge >= 0.3 is 0 Å². The van der Waals surface area contributed by atoms with Gasteiger partial charge in [0.2, 0.25) is 0 Å². The zero-order valence-corrected chi connectivity index (χ0v) is 14.4. The quantitative estimate of drug-likeness (QED) is 0.702. The van der Waals surface area contributed by atoms with E-state index in [0.29, 0.717) is 11.4 Å². The number of amides is 1. The molecule has 0 atom stereocenters. The summed E-state index contributed by atoms with van der Waals surface area (Å²) in [6, 6.07) is 15.4. The molecule has 0 spiro atoms. The van der Waals surface area contributed by atoms with Crippen LogP contribution < -0.4 is 5.32 Å². The molecule has 0 aliphatic carbocycles. The molecule has 0 aliphatic rings. The molecule has 116 valence electrons. The molecule has 1 heterocycles. The normalized spacial score (nSPS) is 10.6. The molecule has 0 fully saturated rings. The largest absolute Gasteiger partial charge is 0.305 e. The van der Waals surface area contributed by atoms with E-state index in [1.807, 2.05) is 44.2 Å². The van der Waals surface area contributed by atoms with Crippen molar-refractivity contribution in [2.75, 3.05) is 5.32 Å². The summed E-state index contributed by atoms with van der Waals surface area (Å²) >= 11 is 3.38. The van der Waals surface area contributed by atoms with Gasteiger partial charge < -0.3 is 5.32 Å². The third-order valence-corrected chi connectivity index (χ3v) is 4.07. The second kappa shape index (κ2) is 6.38. The highest BCUT2D eigenvalue weighted by Gasteiger charge is 2.16. The van der Waals surface area contributed by atoms with Crippen LogP contribution in [0.4, 0.5) is 5.82 Å². The van der Waals surface area contributed by atoms with Crippen LogP contribution in [0.3, 0.4) is 0 Å². The Morgan fingerprint density at radius 2 is 1.91 bits per heavy atom. The number of rotatable bonds is 3. The predicted octanol–water partition coefficient (Wildman–Crippen LogP) is 4.71. The minimum absolute atomic E-state index is 0.188. The summed E-state index contributed by atoms with van der Waals surface area (Å²) in [5, 5.41) is 10.1. The first-order valence-corrected chi connectivity index (χ1v) is 8.03. The zero-order valence-electron chi connectivity index (χ0n) is 12.9. The maximum Gasteiger partial charge on any atom is 0.256 e. The van der Waals surface area contributed by atoms with Gasteiger partial charge in [-0.05, 0) is 37.6 Å². The maximum absolute atomic E-state index is 12.4. The summed E-state index contributed by atoms with van der Waals surface area (Å²) in [6.45, 7) is 3.98. The van der Waals surface area contributed by atoms with E-state index in [0.717, 1.165) is 26.9 Å². The summed E-state index contributed by atoms with van der Waals surface area (Å²) in [4.78, 5) is 12.4. The van der Waals surface area contributed by atoms with Gasteiger partial charge in [0.15, 0.2) is 5.82 Å². The van der Waals surface area contributed by atoms with Crippen molar-refractivity contribution in [2.45, 2.75) is 13.8 Å². The van der Waals surface area contributed by atoms with E-state index in [2.05, 4.69) is 37.5 Å². The first kappa shape index (κ1) is 15.5. The molecular formula is C18H16BrN3O. The Labute approximate surface area is 143 Å². The van der Waals surface area contributed by atoms with Crippen molar-refractivity contribution < 1.29 is 4.79 Å². The fourth-order valence-electron chi connectivity index (χ4n) is 2.48. The molecule has 23 heavy (non-hydrogen) atoms. The van der Waals surface area contributed by atoms with Gasteiger partial charge in [-0.1, -0.05) is 51.8 Å². The van der Waals surface area contributed by atoms with Crippen LogP contribution in [0, 0.1) is 13.8 Å². The fraction of sp³-hybridized carbons (Fsp3) is 0.111. The lowest BCUT2D eigenvalue weighted by Gasteiger charge is -2.07. The van der Waals surface area contributed by atoms with Crippen LogP contribution in [0.2, 0.25) is 0 Å². The van der Waals surface area contributed by atoms with Crippen molar-refractivity contribution >= 4 is 27.7 Å². The van der Waals surface area contributed by atoms with Gasteiger partial charge in [0.1, 0.15) is 0 Å². The van der Waals surface area contributed by atoms with Crippen molar-refractivity contribution in [3.8, 4) is 11.1 Å². The third-order valence-electron chi connectivity index (χ3n) is 3.57. The molecular weight excluding hydrogens is 354 g/mol. The number of anilines is 1. The topological polar surface area (TPSA) is 57.8 Å². The summed E-state index contributed by atoms with van der Waals surface area (Å²) in [5.41, 5.74) is 4.60. The van der Waals surface area contributed by atoms with Gasteiger partial charge in [-0.15, -0.1) is 0 Å². The molecule has 0 bridgehead atoms. The summed E-state index contributed by atoms with van der Waals surface area (Å²) < 4.78 is 0.863. The number of carbonyl (C=O) groups is 1. The summed E-state index contributed by atoms with van der Waals surface area (Å²) in [6.07, 6.45) is 0. The zero-order chi connectivity index (χ0) is 16.4. The number of nitrogens with one attached hydrogen (secondary N) is 2. The molecule has 0 unspecified atom stereocenters. The molecule has 2 N–H and O–H groups in total. The number of hydrogen-bond donors (Lipinski definition) is 2. The van der Waals surface area contributed by atoms with Crippen LogP contribution in [-0.4, -0.2) is 16.1 Å². The molecule has 0 aliphatic heterocycles. The van der Waals surface area contributed by atoms with Crippen LogP contribution >= 0.6 is 15.9 Å². The van der Waals surface area contributed by atoms with E-state index < -0.39 is 0 Å². The molecule has 1 aromatic heterocycles. The molecule has 3 aromatic rings. The van der Waals surface area contributed by atoms with Crippen LogP contribution in [0.25, 0.3) is 11.1 Å². The predicted molar refractivity (Wildman–Crippen MR) is 95.6 cm³/mol. The standard InChI is InChI=1S/C18H16BrN3O/c1-11-5-3-6-13(9-11)16-12(2)21-22-17(16)20-18(23)14-7-4-8-15(19)10-14/h3-10H,1-2H3,(H2,20,21,22,23). The lowest BCUT2D eigenvalue weighted by atomic mass is 10.0. The highest BCUT2D eigenvalue weighted by atomic mass is 79.9. The van der Waals surface area contributed by atoms with E-state index in [4.69, 9.17) is 0 Å². The average Bonchev–Trinajstić information content (AvgIpc) is 2.88. The van der Waals surface area contributed by atoms with E-state index in [-0.39, 0.29) is 5.91 Å². The summed E-state index contributed by atoms with van der Waals surface area (Å²) in [5.74, 6) is 0.352. The number of aromatic nitrogens is 2. The van der Waals surface area contributed by atoms with Crippen molar-refractivity contribution in [1.82, 2.24) is 10.2 Å². The first-order chi connectivity index (χ1) is 11.0. The number of carbonyl (C=O) groups excluding carboxylic acids is 1. The Bertz CT molecular complexity index is 870. The number of aryl methyl sites for hydroxylation is 2. The highest BCUT2D eigenvalue weighted by Crippen LogP contribution is 2.30. The lowest BCUT2D eigenvalue weighted by molar-refractivity contribution is 0.102. The van der Waals surface area contributed by atoms with Gasteiger partial charge in [-0.25, -0.2) is 0 Å². The minimum Gasteiger partial charge on any atom is -0.305 e. The van der Waals surface area contributed by atoms with Crippen molar-refractivity contribution in [3.05, 3.63) is 69.8 Å². The molecule has 1 amide bonds. The Morgan fingerprint density at radius 1 is 1.13 bits per heavy atom. The third kappa shape index (κ3) is 3.35. The molecule has 3 rings (SSSR count). The van der Waals surface area contributed by atoms with Crippen LogP contribution in [0.5, 0.6) is 0 Å². The number of halogens is 1. The smallest absolute Gasteiger partial charge is 0.256 e.